The van der Waals surface area contributed by atoms with E-state index < -0.39 is 50.0 Å². The van der Waals surface area contributed by atoms with E-state index in [1.54, 1.807) is 0 Å². The van der Waals surface area contributed by atoms with Crippen molar-refractivity contribution in [2.24, 2.45) is 0 Å². The highest BCUT2D eigenvalue weighted by Gasteiger charge is 2.31. The standard InChI is InChI=1S/C13H6F6O3S/c14-9-5-11(16)12(6-10(9)15)23(20,21)22-8-3-1-2-7(4-8)13(17,18)19/h1-6H. The lowest BCUT2D eigenvalue weighted by atomic mass is 10.2. The van der Waals surface area contributed by atoms with E-state index in [4.69, 9.17) is 0 Å². The molecule has 0 saturated carbocycles. The molecule has 0 aliphatic heterocycles. The average Bonchev–Trinajstić information content (AvgIpc) is 2.41. The summed E-state index contributed by atoms with van der Waals surface area (Å²) in [5.41, 5.74) is -1.20. The molecule has 2 aromatic rings. The first-order valence-corrected chi connectivity index (χ1v) is 7.18. The Hall–Kier alpha value is -2.23. The highest BCUT2D eigenvalue weighted by atomic mass is 32.2. The van der Waals surface area contributed by atoms with Gasteiger partial charge in [-0.2, -0.15) is 21.6 Å². The fourth-order valence-corrected chi connectivity index (χ4v) is 2.58. The molecule has 2 aromatic carbocycles. The van der Waals surface area contributed by atoms with Crippen LogP contribution in [0.4, 0.5) is 26.3 Å². The summed E-state index contributed by atoms with van der Waals surface area (Å²) in [5.74, 6) is -5.68. The van der Waals surface area contributed by atoms with Crippen molar-refractivity contribution in [3.8, 4) is 5.75 Å². The Bertz CT molecular complexity index is 845. The van der Waals surface area contributed by atoms with Gasteiger partial charge in [0.25, 0.3) is 0 Å². The van der Waals surface area contributed by atoms with E-state index >= 15 is 0 Å². The van der Waals surface area contributed by atoms with Crippen molar-refractivity contribution in [2.75, 3.05) is 0 Å². The molecular formula is C13H6F6O3S. The maximum absolute atomic E-state index is 13.5. The van der Waals surface area contributed by atoms with Gasteiger partial charge in [-0.05, 0) is 18.2 Å². The summed E-state index contributed by atoms with van der Waals surface area (Å²) >= 11 is 0. The third kappa shape index (κ3) is 3.76. The normalized spacial score (nSPS) is 12.3. The summed E-state index contributed by atoms with van der Waals surface area (Å²) < 4.78 is 105. The highest BCUT2D eigenvalue weighted by Crippen LogP contribution is 2.32. The van der Waals surface area contributed by atoms with Crippen molar-refractivity contribution in [3.63, 3.8) is 0 Å². The molecule has 0 aliphatic carbocycles. The number of hydrogen-bond acceptors (Lipinski definition) is 3. The van der Waals surface area contributed by atoms with Crippen LogP contribution in [-0.4, -0.2) is 8.42 Å². The van der Waals surface area contributed by atoms with Gasteiger partial charge in [-0.1, -0.05) is 6.07 Å². The summed E-state index contributed by atoms with van der Waals surface area (Å²) in [5, 5.41) is 0. The molecule has 0 aliphatic rings. The van der Waals surface area contributed by atoms with E-state index in [1.807, 2.05) is 0 Å². The zero-order valence-corrected chi connectivity index (χ0v) is 11.7. The van der Waals surface area contributed by atoms with Gasteiger partial charge < -0.3 is 4.18 Å². The lowest BCUT2D eigenvalue weighted by Gasteiger charge is -2.11. The van der Waals surface area contributed by atoms with Gasteiger partial charge in [0.15, 0.2) is 11.6 Å². The second-order valence-corrected chi connectivity index (χ2v) is 5.77. The Morgan fingerprint density at radius 2 is 1.48 bits per heavy atom. The number of benzene rings is 2. The Kier molecular flexibility index (Phi) is 4.29. The minimum atomic E-state index is -4.99. The van der Waals surface area contributed by atoms with E-state index in [0.29, 0.717) is 12.1 Å². The Morgan fingerprint density at radius 1 is 0.870 bits per heavy atom. The predicted octanol–water partition coefficient (Wildman–Crippen LogP) is 3.89. The lowest BCUT2D eigenvalue weighted by Crippen LogP contribution is -2.13. The predicted molar refractivity (Wildman–Crippen MR) is 65.6 cm³/mol. The third-order valence-electron chi connectivity index (χ3n) is 2.61. The molecule has 0 amide bonds. The van der Waals surface area contributed by atoms with Crippen LogP contribution in [-0.2, 0) is 16.3 Å². The van der Waals surface area contributed by atoms with Crippen LogP contribution in [0.25, 0.3) is 0 Å². The second-order valence-electron chi connectivity index (χ2n) is 4.26. The zero-order chi connectivity index (χ0) is 17.4. The molecule has 0 saturated heterocycles. The van der Waals surface area contributed by atoms with Crippen molar-refractivity contribution in [1.29, 1.82) is 0 Å². The summed E-state index contributed by atoms with van der Waals surface area (Å²) in [7, 11) is -4.99. The first-order chi connectivity index (χ1) is 10.5. The molecule has 0 unspecified atom stereocenters. The van der Waals surface area contributed by atoms with E-state index in [-0.39, 0.29) is 12.1 Å². The highest BCUT2D eigenvalue weighted by molar-refractivity contribution is 7.87. The SMILES string of the molecule is O=S(=O)(Oc1cccc(C(F)(F)F)c1)c1cc(F)c(F)cc1F. The van der Waals surface area contributed by atoms with Gasteiger partial charge >= 0.3 is 16.3 Å². The molecule has 0 atom stereocenters. The minimum absolute atomic E-state index is 0.0162. The maximum Gasteiger partial charge on any atom is 0.416 e. The topological polar surface area (TPSA) is 43.4 Å². The quantitative estimate of drug-likeness (QED) is 0.476. The van der Waals surface area contributed by atoms with Gasteiger partial charge in [-0.3, -0.25) is 0 Å². The van der Waals surface area contributed by atoms with Crippen molar-refractivity contribution < 1.29 is 38.9 Å². The van der Waals surface area contributed by atoms with Gasteiger partial charge in [-0.15, -0.1) is 0 Å². The molecule has 0 N–H and O–H groups in total. The molecule has 0 bridgehead atoms. The van der Waals surface area contributed by atoms with Crippen molar-refractivity contribution in [3.05, 3.63) is 59.4 Å². The molecule has 0 heterocycles. The first kappa shape index (κ1) is 17.1. The van der Waals surface area contributed by atoms with Crippen LogP contribution >= 0.6 is 0 Å². The fraction of sp³-hybridized carbons (Fsp3) is 0.0769. The molecule has 23 heavy (non-hydrogen) atoms. The van der Waals surface area contributed by atoms with Gasteiger partial charge in [0.1, 0.15) is 16.5 Å². The largest absolute Gasteiger partial charge is 0.416 e. The van der Waals surface area contributed by atoms with Crippen LogP contribution < -0.4 is 4.18 Å². The molecule has 10 heteroatoms. The van der Waals surface area contributed by atoms with Crippen LogP contribution in [0.3, 0.4) is 0 Å². The monoisotopic (exact) mass is 356 g/mol. The Morgan fingerprint density at radius 3 is 2.09 bits per heavy atom. The van der Waals surface area contributed by atoms with Gasteiger partial charge in [0.2, 0.25) is 0 Å². The fourth-order valence-electron chi connectivity index (χ4n) is 1.59. The summed E-state index contributed by atoms with van der Waals surface area (Å²) in [6.45, 7) is 0. The Labute approximate surface area is 126 Å². The van der Waals surface area contributed by atoms with Crippen LogP contribution in [0.15, 0.2) is 41.3 Å². The van der Waals surface area contributed by atoms with Gasteiger partial charge in [0, 0.05) is 12.1 Å². The smallest absolute Gasteiger partial charge is 0.379 e. The molecule has 0 spiro atoms. The molecule has 0 fully saturated rings. The van der Waals surface area contributed by atoms with Gasteiger partial charge in [0.05, 0.1) is 5.56 Å². The van der Waals surface area contributed by atoms with Gasteiger partial charge in [-0.25, -0.2) is 13.2 Å². The van der Waals surface area contributed by atoms with Crippen molar-refractivity contribution >= 4 is 10.1 Å². The second kappa shape index (κ2) is 5.76. The van der Waals surface area contributed by atoms with Crippen LogP contribution in [0.5, 0.6) is 5.75 Å². The van der Waals surface area contributed by atoms with Crippen molar-refractivity contribution in [2.45, 2.75) is 11.1 Å². The van der Waals surface area contributed by atoms with Crippen LogP contribution in [0.1, 0.15) is 5.56 Å². The van der Waals surface area contributed by atoms with Crippen LogP contribution in [0.2, 0.25) is 0 Å². The summed E-state index contributed by atoms with van der Waals surface area (Å²) in [4.78, 5) is -1.34. The maximum atomic E-state index is 13.5. The molecule has 0 radical (unpaired) electrons. The van der Waals surface area contributed by atoms with Crippen molar-refractivity contribution in [1.82, 2.24) is 0 Å². The van der Waals surface area contributed by atoms with Crippen LogP contribution in [0, 0.1) is 17.5 Å². The van der Waals surface area contributed by atoms with E-state index in [1.165, 1.54) is 0 Å². The molecular weight excluding hydrogens is 350 g/mol. The molecule has 124 valence electrons. The third-order valence-corrected chi connectivity index (χ3v) is 3.87. The Balaban J connectivity index is 2.42. The lowest BCUT2D eigenvalue weighted by molar-refractivity contribution is -0.137. The number of alkyl halides is 3. The number of halogens is 6. The molecule has 3 nitrogen and oxygen atoms in total. The summed E-state index contributed by atoms with van der Waals surface area (Å²) in [6.07, 6.45) is -4.75. The molecule has 2 rings (SSSR count). The van der Waals surface area contributed by atoms with E-state index in [2.05, 4.69) is 4.18 Å². The summed E-state index contributed by atoms with van der Waals surface area (Å²) in [6, 6.07) is 2.80. The van der Waals surface area contributed by atoms with E-state index in [0.717, 1.165) is 12.1 Å². The first-order valence-electron chi connectivity index (χ1n) is 5.77. The molecule has 0 aromatic heterocycles. The average molecular weight is 356 g/mol. The minimum Gasteiger partial charge on any atom is -0.379 e. The number of rotatable bonds is 3. The zero-order valence-electron chi connectivity index (χ0n) is 10.9. The number of hydrogen-bond donors (Lipinski definition) is 0. The van der Waals surface area contributed by atoms with E-state index in [9.17, 15) is 34.8 Å².